The average molecular weight is 518 g/mol. The molecule has 0 unspecified atom stereocenters. The molecule has 0 spiro atoms. The monoisotopic (exact) mass is 517 g/mol. The van der Waals surface area contributed by atoms with Gasteiger partial charge in [0.2, 0.25) is 5.91 Å². The van der Waals surface area contributed by atoms with Crippen LogP contribution in [-0.2, 0) is 24.7 Å². The molecule has 3 amide bonds. The first kappa shape index (κ1) is 28.4. The van der Waals surface area contributed by atoms with Crippen LogP contribution in [0.4, 0.5) is 4.79 Å². The van der Waals surface area contributed by atoms with Crippen molar-refractivity contribution in [2.24, 2.45) is 0 Å². The van der Waals surface area contributed by atoms with E-state index < -0.39 is 35.1 Å². The van der Waals surface area contributed by atoms with Crippen LogP contribution in [0.15, 0.2) is 91.0 Å². The summed E-state index contributed by atoms with van der Waals surface area (Å²) < 4.78 is 5.33. The van der Waals surface area contributed by atoms with Gasteiger partial charge in [-0.25, -0.2) is 9.86 Å². The van der Waals surface area contributed by atoms with E-state index in [1.807, 2.05) is 91.0 Å². The van der Waals surface area contributed by atoms with Crippen molar-refractivity contribution in [1.29, 1.82) is 0 Å². The SMILES string of the molecule is CON(C)C(=O)[C@@H](CC(=O)NC(c1ccccc1)(c1ccccc1)c1ccccc1)NC(=O)OC(C)(C)C. The number of hydrogen-bond acceptors (Lipinski definition) is 5. The maximum absolute atomic E-state index is 13.8. The highest BCUT2D eigenvalue weighted by Crippen LogP contribution is 2.36. The Morgan fingerprint density at radius 2 is 1.21 bits per heavy atom. The molecule has 3 aromatic carbocycles. The minimum atomic E-state index is -1.23. The van der Waals surface area contributed by atoms with Crippen LogP contribution < -0.4 is 10.6 Å². The second-order valence-electron chi connectivity index (χ2n) is 9.82. The number of carbonyl (C=O) groups is 3. The van der Waals surface area contributed by atoms with Gasteiger partial charge in [-0.15, -0.1) is 0 Å². The van der Waals surface area contributed by atoms with Crippen LogP contribution in [0.3, 0.4) is 0 Å². The van der Waals surface area contributed by atoms with E-state index in [1.165, 1.54) is 14.2 Å². The number of alkyl carbamates (subject to hydrolysis) is 1. The molecule has 3 rings (SSSR count). The van der Waals surface area contributed by atoms with Gasteiger partial charge in [0.05, 0.1) is 13.5 Å². The van der Waals surface area contributed by atoms with Crippen LogP contribution in [-0.4, -0.2) is 48.8 Å². The third kappa shape index (κ3) is 6.98. The number of hydrogen-bond donors (Lipinski definition) is 2. The van der Waals surface area contributed by atoms with Gasteiger partial charge in [0.1, 0.15) is 17.2 Å². The molecule has 0 bridgehead atoms. The summed E-state index contributed by atoms with van der Waals surface area (Å²) in [4.78, 5) is 44.4. The summed E-state index contributed by atoms with van der Waals surface area (Å²) in [5.74, 6) is -1.06. The lowest BCUT2D eigenvalue weighted by atomic mass is 9.77. The molecule has 0 saturated heterocycles. The molecule has 2 N–H and O–H groups in total. The maximum Gasteiger partial charge on any atom is 0.408 e. The number of hydroxylamine groups is 2. The van der Waals surface area contributed by atoms with E-state index >= 15 is 0 Å². The summed E-state index contributed by atoms with van der Waals surface area (Å²) in [5, 5.41) is 6.70. The lowest BCUT2D eigenvalue weighted by molar-refractivity contribution is -0.171. The highest BCUT2D eigenvalue weighted by molar-refractivity contribution is 5.91. The Balaban J connectivity index is 2.03. The molecule has 0 heterocycles. The lowest BCUT2D eigenvalue weighted by Gasteiger charge is -2.37. The number of nitrogens with zero attached hydrogens (tertiary/aromatic N) is 1. The van der Waals surface area contributed by atoms with E-state index in [0.29, 0.717) is 0 Å². The predicted octanol–water partition coefficient (Wildman–Crippen LogP) is 4.40. The summed E-state index contributed by atoms with van der Waals surface area (Å²) in [6, 6.07) is 27.6. The summed E-state index contributed by atoms with van der Waals surface area (Å²) in [6.07, 6.45) is -1.16. The first-order chi connectivity index (χ1) is 18.1. The van der Waals surface area contributed by atoms with Crippen molar-refractivity contribution in [3.63, 3.8) is 0 Å². The number of benzene rings is 3. The molecule has 0 saturated carbocycles. The van der Waals surface area contributed by atoms with Gasteiger partial charge in [-0.05, 0) is 37.5 Å². The molecule has 3 aromatic rings. The fraction of sp³-hybridized carbons (Fsp3) is 0.300. The standard InChI is InChI=1S/C30H35N3O5/c1-29(2,3)38-28(36)31-25(27(35)33(4)37-5)21-26(34)32-30(22-15-9-6-10-16-22,23-17-11-7-12-18-23)24-19-13-8-14-20-24/h6-20,25H,21H2,1-5H3,(H,31,36)(H,32,34)/t25-/m1/s1. The molecule has 1 atom stereocenters. The Morgan fingerprint density at radius 3 is 1.58 bits per heavy atom. The zero-order valence-electron chi connectivity index (χ0n) is 22.4. The molecule has 0 fully saturated rings. The molecule has 0 radical (unpaired) electrons. The van der Waals surface area contributed by atoms with Gasteiger partial charge in [-0.1, -0.05) is 91.0 Å². The highest BCUT2D eigenvalue weighted by atomic mass is 16.7. The van der Waals surface area contributed by atoms with Crippen LogP contribution >= 0.6 is 0 Å². The van der Waals surface area contributed by atoms with Crippen molar-refractivity contribution in [3.8, 4) is 0 Å². The van der Waals surface area contributed by atoms with Crippen LogP contribution in [0.25, 0.3) is 0 Å². The summed E-state index contributed by atoms with van der Waals surface area (Å²) >= 11 is 0. The Kier molecular flexibility index (Phi) is 9.25. The van der Waals surface area contributed by atoms with Crippen LogP contribution in [0.2, 0.25) is 0 Å². The van der Waals surface area contributed by atoms with Gasteiger partial charge in [-0.3, -0.25) is 14.4 Å². The minimum Gasteiger partial charge on any atom is -0.444 e. The molecule has 0 aromatic heterocycles. The van der Waals surface area contributed by atoms with Gasteiger partial charge < -0.3 is 15.4 Å². The zero-order valence-corrected chi connectivity index (χ0v) is 22.4. The minimum absolute atomic E-state index is 0.347. The van der Waals surface area contributed by atoms with Crippen molar-refractivity contribution < 1.29 is 24.0 Å². The summed E-state index contributed by atoms with van der Waals surface area (Å²) in [6.45, 7) is 5.14. The highest BCUT2D eigenvalue weighted by Gasteiger charge is 2.39. The Bertz CT molecular complexity index is 1110. The fourth-order valence-corrected chi connectivity index (χ4v) is 4.19. The third-order valence-corrected chi connectivity index (χ3v) is 5.91. The predicted molar refractivity (Wildman–Crippen MR) is 145 cm³/mol. The van der Waals surface area contributed by atoms with E-state index in [1.54, 1.807) is 20.8 Å². The van der Waals surface area contributed by atoms with Crippen molar-refractivity contribution >= 4 is 17.9 Å². The van der Waals surface area contributed by atoms with Gasteiger partial charge in [0, 0.05) is 7.05 Å². The average Bonchev–Trinajstić information content (AvgIpc) is 2.91. The van der Waals surface area contributed by atoms with Crippen molar-refractivity contribution in [3.05, 3.63) is 108 Å². The van der Waals surface area contributed by atoms with Crippen molar-refractivity contribution in [1.82, 2.24) is 15.7 Å². The first-order valence-electron chi connectivity index (χ1n) is 12.4. The van der Waals surface area contributed by atoms with Gasteiger partial charge in [-0.2, -0.15) is 0 Å². The number of likely N-dealkylation sites (N-methyl/N-ethyl adjacent to an activating group) is 1. The Labute approximate surface area is 223 Å². The smallest absolute Gasteiger partial charge is 0.408 e. The molecular formula is C30H35N3O5. The molecule has 0 aliphatic carbocycles. The molecule has 8 heteroatoms. The van der Waals surface area contributed by atoms with E-state index in [4.69, 9.17) is 9.57 Å². The summed E-state index contributed by atoms with van der Waals surface area (Å²) in [5.41, 5.74) is 0.664. The van der Waals surface area contributed by atoms with E-state index in [2.05, 4.69) is 10.6 Å². The molecule has 0 aliphatic heterocycles. The van der Waals surface area contributed by atoms with E-state index in [-0.39, 0.29) is 6.42 Å². The Morgan fingerprint density at radius 1 is 0.789 bits per heavy atom. The zero-order chi connectivity index (χ0) is 27.8. The second kappa shape index (κ2) is 12.4. The number of rotatable bonds is 9. The topological polar surface area (TPSA) is 97.0 Å². The number of ether oxygens (including phenoxy) is 1. The normalized spacial score (nSPS) is 12.2. The molecule has 0 aliphatic rings. The van der Waals surface area contributed by atoms with Gasteiger partial charge in [0.15, 0.2) is 0 Å². The van der Waals surface area contributed by atoms with Gasteiger partial charge >= 0.3 is 6.09 Å². The lowest BCUT2D eigenvalue weighted by Crippen LogP contribution is -2.53. The fourth-order valence-electron chi connectivity index (χ4n) is 4.19. The van der Waals surface area contributed by atoms with Crippen molar-refractivity contribution in [2.75, 3.05) is 14.2 Å². The number of nitrogens with one attached hydrogen (secondary N) is 2. The molecule has 8 nitrogen and oxygen atoms in total. The van der Waals surface area contributed by atoms with Crippen LogP contribution in [0.1, 0.15) is 43.9 Å². The largest absolute Gasteiger partial charge is 0.444 e. The third-order valence-electron chi connectivity index (χ3n) is 5.91. The first-order valence-corrected chi connectivity index (χ1v) is 12.4. The molecule has 38 heavy (non-hydrogen) atoms. The number of carbonyl (C=O) groups excluding carboxylic acids is 3. The van der Waals surface area contributed by atoms with Crippen LogP contribution in [0, 0.1) is 0 Å². The van der Waals surface area contributed by atoms with Crippen LogP contribution in [0.5, 0.6) is 0 Å². The summed E-state index contributed by atoms with van der Waals surface area (Å²) in [7, 11) is 2.74. The van der Waals surface area contributed by atoms with Gasteiger partial charge in [0.25, 0.3) is 5.91 Å². The molecule has 200 valence electrons. The van der Waals surface area contributed by atoms with Crippen molar-refractivity contribution in [2.45, 2.75) is 44.4 Å². The number of amides is 3. The maximum atomic E-state index is 13.8. The Hall–Kier alpha value is -4.17. The molecular weight excluding hydrogens is 482 g/mol. The quantitative estimate of drug-likeness (QED) is 0.324. The van der Waals surface area contributed by atoms with E-state index in [0.717, 1.165) is 21.8 Å². The second-order valence-corrected chi connectivity index (χ2v) is 9.82. The van der Waals surface area contributed by atoms with E-state index in [9.17, 15) is 14.4 Å².